The van der Waals surface area contributed by atoms with Crippen molar-refractivity contribution < 1.29 is 9.13 Å². The summed E-state index contributed by atoms with van der Waals surface area (Å²) in [6, 6.07) is 11.8. The SMILES string of the molecule is COc1ccc(C=Nc2ccc(F)c(Cl)c2)cc1. The van der Waals surface area contributed by atoms with Crippen LogP contribution in [0.1, 0.15) is 5.56 Å². The molecule has 0 saturated carbocycles. The van der Waals surface area contributed by atoms with E-state index in [4.69, 9.17) is 16.3 Å². The normalized spacial score (nSPS) is 10.8. The lowest BCUT2D eigenvalue weighted by molar-refractivity contribution is 0.415. The fourth-order valence-electron chi connectivity index (χ4n) is 1.40. The molecular formula is C14H11ClFNO. The van der Waals surface area contributed by atoms with Crippen LogP contribution in [0.4, 0.5) is 10.1 Å². The second-order valence-electron chi connectivity index (χ2n) is 3.63. The zero-order valence-electron chi connectivity index (χ0n) is 9.73. The van der Waals surface area contributed by atoms with E-state index < -0.39 is 5.82 Å². The molecule has 0 heterocycles. The molecule has 0 aliphatic rings. The molecule has 2 rings (SSSR count). The van der Waals surface area contributed by atoms with E-state index in [0.29, 0.717) is 5.69 Å². The van der Waals surface area contributed by atoms with Gasteiger partial charge in [0.05, 0.1) is 17.8 Å². The zero-order chi connectivity index (χ0) is 13.0. The summed E-state index contributed by atoms with van der Waals surface area (Å²) in [6.07, 6.45) is 1.68. The van der Waals surface area contributed by atoms with Gasteiger partial charge in [-0.3, -0.25) is 4.99 Å². The molecular weight excluding hydrogens is 253 g/mol. The molecule has 0 radical (unpaired) electrons. The predicted molar refractivity (Wildman–Crippen MR) is 71.7 cm³/mol. The highest BCUT2D eigenvalue weighted by Gasteiger charge is 1.99. The van der Waals surface area contributed by atoms with E-state index in [1.54, 1.807) is 19.4 Å². The Kier molecular flexibility index (Phi) is 3.95. The molecule has 92 valence electrons. The van der Waals surface area contributed by atoms with Crippen LogP contribution in [0.25, 0.3) is 0 Å². The largest absolute Gasteiger partial charge is 0.497 e. The number of ether oxygens (including phenoxy) is 1. The van der Waals surface area contributed by atoms with Crippen molar-refractivity contribution in [3.63, 3.8) is 0 Å². The molecule has 2 aromatic carbocycles. The van der Waals surface area contributed by atoms with Gasteiger partial charge in [0.15, 0.2) is 0 Å². The van der Waals surface area contributed by atoms with Crippen molar-refractivity contribution >= 4 is 23.5 Å². The van der Waals surface area contributed by atoms with E-state index in [-0.39, 0.29) is 5.02 Å². The molecule has 0 N–H and O–H groups in total. The molecule has 2 nitrogen and oxygen atoms in total. The van der Waals surface area contributed by atoms with Crippen LogP contribution in [0, 0.1) is 5.82 Å². The van der Waals surface area contributed by atoms with Crippen molar-refractivity contribution in [1.82, 2.24) is 0 Å². The van der Waals surface area contributed by atoms with Gasteiger partial charge in [0.25, 0.3) is 0 Å². The van der Waals surface area contributed by atoms with Gasteiger partial charge >= 0.3 is 0 Å². The second kappa shape index (κ2) is 5.65. The van der Waals surface area contributed by atoms with Crippen molar-refractivity contribution in [2.45, 2.75) is 0 Å². The van der Waals surface area contributed by atoms with Gasteiger partial charge in [0.2, 0.25) is 0 Å². The van der Waals surface area contributed by atoms with E-state index in [2.05, 4.69) is 4.99 Å². The molecule has 0 aromatic heterocycles. The van der Waals surface area contributed by atoms with Crippen molar-refractivity contribution in [1.29, 1.82) is 0 Å². The Morgan fingerprint density at radius 3 is 2.50 bits per heavy atom. The van der Waals surface area contributed by atoms with E-state index >= 15 is 0 Å². The molecule has 18 heavy (non-hydrogen) atoms. The molecule has 0 amide bonds. The lowest BCUT2D eigenvalue weighted by Gasteiger charge is -1.99. The third-order valence-electron chi connectivity index (χ3n) is 2.38. The molecule has 0 unspecified atom stereocenters. The first kappa shape index (κ1) is 12.6. The molecule has 0 bridgehead atoms. The van der Waals surface area contributed by atoms with Gasteiger partial charge in [-0.05, 0) is 48.0 Å². The van der Waals surface area contributed by atoms with E-state index in [1.165, 1.54) is 12.1 Å². The molecule has 0 aliphatic carbocycles. The maximum atomic E-state index is 12.9. The summed E-state index contributed by atoms with van der Waals surface area (Å²) >= 11 is 5.67. The second-order valence-corrected chi connectivity index (χ2v) is 4.04. The van der Waals surface area contributed by atoms with E-state index in [9.17, 15) is 4.39 Å². The zero-order valence-corrected chi connectivity index (χ0v) is 10.5. The Bertz CT molecular complexity index is 567. The number of rotatable bonds is 3. The van der Waals surface area contributed by atoms with Gasteiger partial charge in [-0.25, -0.2) is 4.39 Å². The average molecular weight is 264 g/mol. The molecule has 0 aliphatic heterocycles. The molecule has 0 fully saturated rings. The molecule has 2 aromatic rings. The van der Waals surface area contributed by atoms with Crippen LogP contribution < -0.4 is 4.74 Å². The summed E-state index contributed by atoms with van der Waals surface area (Å²) in [5.74, 6) is 0.344. The highest BCUT2D eigenvalue weighted by molar-refractivity contribution is 6.31. The minimum absolute atomic E-state index is 0.0689. The lowest BCUT2D eigenvalue weighted by Crippen LogP contribution is -1.84. The Balaban J connectivity index is 2.16. The number of halogens is 2. The summed E-state index contributed by atoms with van der Waals surface area (Å²) < 4.78 is 18.0. The number of methoxy groups -OCH3 is 1. The standard InChI is InChI=1S/C14H11ClFNO/c1-18-12-5-2-10(3-6-12)9-17-11-4-7-14(16)13(15)8-11/h2-9H,1H3. The summed E-state index contributed by atoms with van der Waals surface area (Å²) in [5, 5.41) is 0.0689. The molecule has 0 atom stereocenters. The Morgan fingerprint density at radius 1 is 1.17 bits per heavy atom. The van der Waals surface area contributed by atoms with Crippen molar-refractivity contribution in [3.05, 3.63) is 58.9 Å². The lowest BCUT2D eigenvalue weighted by atomic mass is 10.2. The highest BCUT2D eigenvalue weighted by Crippen LogP contribution is 2.21. The van der Waals surface area contributed by atoms with Crippen LogP contribution in [0.5, 0.6) is 5.75 Å². The van der Waals surface area contributed by atoms with Crippen LogP contribution in [-0.2, 0) is 0 Å². The Labute approximate surface area is 110 Å². The van der Waals surface area contributed by atoms with E-state index in [0.717, 1.165) is 11.3 Å². The number of hydrogen-bond donors (Lipinski definition) is 0. The first-order valence-electron chi connectivity index (χ1n) is 5.32. The van der Waals surface area contributed by atoms with Crippen LogP contribution >= 0.6 is 11.6 Å². The van der Waals surface area contributed by atoms with Crippen LogP contribution in [0.2, 0.25) is 5.02 Å². The smallest absolute Gasteiger partial charge is 0.141 e. The van der Waals surface area contributed by atoms with Crippen LogP contribution in [0.3, 0.4) is 0 Å². The summed E-state index contributed by atoms with van der Waals surface area (Å²) in [4.78, 5) is 4.22. The maximum absolute atomic E-state index is 12.9. The quantitative estimate of drug-likeness (QED) is 0.759. The first-order valence-corrected chi connectivity index (χ1v) is 5.70. The summed E-state index contributed by atoms with van der Waals surface area (Å²) in [5.41, 5.74) is 1.54. The third kappa shape index (κ3) is 3.08. The van der Waals surface area contributed by atoms with Crippen LogP contribution in [-0.4, -0.2) is 13.3 Å². The number of hydrogen-bond acceptors (Lipinski definition) is 2. The highest BCUT2D eigenvalue weighted by atomic mass is 35.5. The van der Waals surface area contributed by atoms with Crippen LogP contribution in [0.15, 0.2) is 47.5 Å². The third-order valence-corrected chi connectivity index (χ3v) is 2.67. The number of aliphatic imine (C=N–C) groups is 1. The number of benzene rings is 2. The number of nitrogens with zero attached hydrogens (tertiary/aromatic N) is 1. The summed E-state index contributed by atoms with van der Waals surface area (Å²) in [6.45, 7) is 0. The Morgan fingerprint density at radius 2 is 1.89 bits per heavy atom. The fraction of sp³-hybridized carbons (Fsp3) is 0.0714. The first-order chi connectivity index (χ1) is 8.69. The minimum Gasteiger partial charge on any atom is -0.497 e. The maximum Gasteiger partial charge on any atom is 0.141 e. The van der Waals surface area contributed by atoms with E-state index in [1.807, 2.05) is 24.3 Å². The average Bonchev–Trinajstić information content (AvgIpc) is 2.41. The van der Waals surface area contributed by atoms with Gasteiger partial charge in [-0.2, -0.15) is 0 Å². The monoisotopic (exact) mass is 263 g/mol. The van der Waals surface area contributed by atoms with Crippen molar-refractivity contribution in [2.24, 2.45) is 4.99 Å². The fourth-order valence-corrected chi connectivity index (χ4v) is 1.58. The molecule has 0 spiro atoms. The minimum atomic E-state index is -0.444. The van der Waals surface area contributed by atoms with Gasteiger partial charge in [0, 0.05) is 6.21 Å². The van der Waals surface area contributed by atoms with Gasteiger partial charge < -0.3 is 4.74 Å². The topological polar surface area (TPSA) is 21.6 Å². The van der Waals surface area contributed by atoms with Gasteiger partial charge in [-0.1, -0.05) is 11.6 Å². The van der Waals surface area contributed by atoms with Gasteiger partial charge in [-0.15, -0.1) is 0 Å². The van der Waals surface area contributed by atoms with Crippen molar-refractivity contribution in [3.8, 4) is 5.75 Å². The predicted octanol–water partition coefficient (Wildman–Crippen LogP) is 4.24. The van der Waals surface area contributed by atoms with Gasteiger partial charge in [0.1, 0.15) is 11.6 Å². The van der Waals surface area contributed by atoms with Crippen molar-refractivity contribution in [2.75, 3.05) is 7.11 Å². The molecule has 0 saturated heterocycles. The summed E-state index contributed by atoms with van der Waals surface area (Å²) in [7, 11) is 1.61. The Hall–Kier alpha value is -1.87. The molecule has 4 heteroatoms.